The van der Waals surface area contributed by atoms with Crippen LogP contribution in [0.2, 0.25) is 0 Å². The van der Waals surface area contributed by atoms with Crippen molar-refractivity contribution in [2.24, 2.45) is 0 Å². The smallest absolute Gasteiger partial charge is 0.250 e. The first-order valence-electron chi connectivity index (χ1n) is 7.21. The Bertz CT molecular complexity index is 714. The Morgan fingerprint density at radius 1 is 0.591 bits per heavy atom. The van der Waals surface area contributed by atoms with Crippen LogP contribution in [0.5, 0.6) is 0 Å². The van der Waals surface area contributed by atoms with E-state index in [-0.39, 0.29) is 23.9 Å². The summed E-state index contributed by atoms with van der Waals surface area (Å²) in [6.07, 6.45) is 0. The van der Waals surface area contributed by atoms with Gasteiger partial charge in [0.15, 0.2) is 0 Å². The van der Waals surface area contributed by atoms with Crippen molar-refractivity contribution >= 4 is 11.8 Å². The zero-order chi connectivity index (χ0) is 15.1. The maximum atomic E-state index is 12.4. The van der Waals surface area contributed by atoms with Crippen LogP contribution in [0.25, 0.3) is 0 Å². The highest BCUT2D eigenvalue weighted by molar-refractivity contribution is 6.13. The molecule has 0 aliphatic carbocycles. The number of benzene rings is 2. The molecule has 2 aliphatic rings. The highest BCUT2D eigenvalue weighted by Crippen LogP contribution is 2.40. The second kappa shape index (κ2) is 4.84. The molecule has 2 atom stereocenters. The molecule has 22 heavy (non-hydrogen) atoms. The van der Waals surface area contributed by atoms with Gasteiger partial charge < -0.3 is 10.6 Å². The standard InChI is InChI=1S/C18H14N2O2/c21-17-13-14(16(20-17)12-9-5-2-6-10-12)18(22)19-15(13)11-7-3-1-4-8-11/h1-10,15-16H,(H,19,22)(H,20,21). The molecule has 4 rings (SSSR count). The van der Waals surface area contributed by atoms with E-state index in [2.05, 4.69) is 10.6 Å². The fraction of sp³-hybridized carbons (Fsp3) is 0.111. The largest absolute Gasteiger partial charge is 0.341 e. The molecule has 4 heteroatoms. The Labute approximate surface area is 127 Å². The second-order valence-electron chi connectivity index (χ2n) is 5.46. The molecule has 0 spiro atoms. The summed E-state index contributed by atoms with van der Waals surface area (Å²) in [5.74, 6) is -0.341. The Morgan fingerprint density at radius 3 is 1.32 bits per heavy atom. The summed E-state index contributed by atoms with van der Waals surface area (Å²) in [4.78, 5) is 24.8. The second-order valence-corrected chi connectivity index (χ2v) is 5.46. The molecule has 4 nitrogen and oxygen atoms in total. The topological polar surface area (TPSA) is 58.2 Å². The van der Waals surface area contributed by atoms with Gasteiger partial charge in [0.1, 0.15) is 0 Å². The van der Waals surface area contributed by atoms with E-state index in [0.29, 0.717) is 11.1 Å². The van der Waals surface area contributed by atoms with E-state index in [4.69, 9.17) is 0 Å². The number of hydrogen-bond acceptors (Lipinski definition) is 2. The summed E-state index contributed by atoms with van der Waals surface area (Å²) in [7, 11) is 0. The summed E-state index contributed by atoms with van der Waals surface area (Å²) in [6.45, 7) is 0. The lowest BCUT2D eigenvalue weighted by molar-refractivity contribution is -0.118. The van der Waals surface area contributed by atoms with Gasteiger partial charge in [0.2, 0.25) is 0 Å². The monoisotopic (exact) mass is 290 g/mol. The summed E-state index contributed by atoms with van der Waals surface area (Å²) in [5, 5.41) is 5.86. The number of carbonyl (C=O) groups is 2. The first-order valence-corrected chi connectivity index (χ1v) is 7.21. The van der Waals surface area contributed by atoms with Crippen LogP contribution in [0.4, 0.5) is 0 Å². The predicted octanol–water partition coefficient (Wildman–Crippen LogP) is 2.03. The third-order valence-corrected chi connectivity index (χ3v) is 4.17. The van der Waals surface area contributed by atoms with Crippen LogP contribution < -0.4 is 10.6 Å². The molecular weight excluding hydrogens is 276 g/mol. The predicted molar refractivity (Wildman–Crippen MR) is 81.7 cm³/mol. The van der Waals surface area contributed by atoms with Gasteiger partial charge in [-0.3, -0.25) is 9.59 Å². The van der Waals surface area contributed by atoms with Crippen LogP contribution in [0, 0.1) is 0 Å². The molecule has 2 aromatic rings. The Balaban J connectivity index is 1.80. The molecule has 0 radical (unpaired) electrons. The zero-order valence-electron chi connectivity index (χ0n) is 11.7. The van der Waals surface area contributed by atoms with E-state index >= 15 is 0 Å². The lowest BCUT2D eigenvalue weighted by atomic mass is 9.96. The van der Waals surface area contributed by atoms with Gasteiger partial charge in [-0.05, 0) is 11.1 Å². The van der Waals surface area contributed by atoms with Crippen molar-refractivity contribution < 1.29 is 9.59 Å². The minimum Gasteiger partial charge on any atom is -0.341 e. The third kappa shape index (κ3) is 1.84. The number of nitrogens with one attached hydrogen (secondary N) is 2. The number of amides is 2. The fourth-order valence-electron chi connectivity index (χ4n) is 3.17. The van der Waals surface area contributed by atoms with E-state index in [1.54, 1.807) is 0 Å². The van der Waals surface area contributed by atoms with Gasteiger partial charge in [-0.2, -0.15) is 0 Å². The Hall–Kier alpha value is -2.88. The van der Waals surface area contributed by atoms with Crippen molar-refractivity contribution in [1.82, 2.24) is 10.6 Å². The van der Waals surface area contributed by atoms with E-state index in [1.807, 2.05) is 60.7 Å². The molecule has 0 bridgehead atoms. The van der Waals surface area contributed by atoms with Crippen molar-refractivity contribution in [3.8, 4) is 0 Å². The molecule has 0 aromatic heterocycles. The lowest BCUT2D eigenvalue weighted by Gasteiger charge is -2.17. The van der Waals surface area contributed by atoms with E-state index in [1.165, 1.54) is 0 Å². The minimum absolute atomic E-state index is 0.170. The van der Waals surface area contributed by atoms with E-state index in [0.717, 1.165) is 11.1 Å². The molecule has 2 heterocycles. The fourth-order valence-corrected chi connectivity index (χ4v) is 3.17. The molecule has 2 unspecified atom stereocenters. The molecule has 108 valence electrons. The maximum Gasteiger partial charge on any atom is 0.250 e. The molecular formula is C18H14N2O2. The van der Waals surface area contributed by atoms with Crippen LogP contribution in [-0.2, 0) is 9.59 Å². The molecule has 2 N–H and O–H groups in total. The molecule has 0 fully saturated rings. The van der Waals surface area contributed by atoms with Crippen molar-refractivity contribution in [2.45, 2.75) is 12.1 Å². The van der Waals surface area contributed by atoms with Gasteiger partial charge in [-0.25, -0.2) is 0 Å². The van der Waals surface area contributed by atoms with Crippen molar-refractivity contribution in [3.05, 3.63) is 82.9 Å². The van der Waals surface area contributed by atoms with Gasteiger partial charge in [-0.15, -0.1) is 0 Å². The average Bonchev–Trinajstić information content (AvgIpc) is 3.09. The highest BCUT2D eigenvalue weighted by Gasteiger charge is 2.45. The van der Waals surface area contributed by atoms with Crippen LogP contribution >= 0.6 is 0 Å². The molecule has 0 saturated heterocycles. The SMILES string of the molecule is O=C1NC(c2ccccc2)C2=C1C(c1ccccc1)NC2=O. The van der Waals surface area contributed by atoms with Crippen LogP contribution in [-0.4, -0.2) is 11.8 Å². The van der Waals surface area contributed by atoms with Crippen molar-refractivity contribution in [3.63, 3.8) is 0 Å². The number of hydrogen-bond donors (Lipinski definition) is 2. The number of rotatable bonds is 2. The van der Waals surface area contributed by atoms with Crippen LogP contribution in [0.15, 0.2) is 71.8 Å². The first kappa shape index (κ1) is 12.8. The van der Waals surface area contributed by atoms with Gasteiger partial charge >= 0.3 is 0 Å². The van der Waals surface area contributed by atoms with Crippen molar-refractivity contribution in [1.29, 1.82) is 0 Å². The molecule has 0 saturated carbocycles. The minimum atomic E-state index is -0.364. The third-order valence-electron chi connectivity index (χ3n) is 4.17. The molecule has 2 amide bonds. The summed E-state index contributed by atoms with van der Waals surface area (Å²) < 4.78 is 0. The van der Waals surface area contributed by atoms with Gasteiger partial charge in [0.25, 0.3) is 11.8 Å². The zero-order valence-corrected chi connectivity index (χ0v) is 11.7. The van der Waals surface area contributed by atoms with Crippen LogP contribution in [0.1, 0.15) is 23.2 Å². The average molecular weight is 290 g/mol. The van der Waals surface area contributed by atoms with E-state index in [9.17, 15) is 9.59 Å². The van der Waals surface area contributed by atoms with Crippen LogP contribution in [0.3, 0.4) is 0 Å². The maximum absolute atomic E-state index is 12.4. The summed E-state index contributed by atoms with van der Waals surface area (Å²) in [6, 6.07) is 18.4. The Morgan fingerprint density at radius 2 is 0.955 bits per heavy atom. The van der Waals surface area contributed by atoms with Gasteiger partial charge in [-0.1, -0.05) is 60.7 Å². The van der Waals surface area contributed by atoms with Gasteiger partial charge in [0.05, 0.1) is 23.2 Å². The Kier molecular flexibility index (Phi) is 2.82. The summed E-state index contributed by atoms with van der Waals surface area (Å²) >= 11 is 0. The first-order chi connectivity index (χ1) is 10.8. The van der Waals surface area contributed by atoms with Crippen molar-refractivity contribution in [2.75, 3.05) is 0 Å². The quantitative estimate of drug-likeness (QED) is 0.889. The lowest BCUT2D eigenvalue weighted by Crippen LogP contribution is -2.33. The normalized spacial score (nSPS) is 23.3. The van der Waals surface area contributed by atoms with E-state index < -0.39 is 0 Å². The highest BCUT2D eigenvalue weighted by atomic mass is 16.2. The molecule has 2 aliphatic heterocycles. The van der Waals surface area contributed by atoms with Gasteiger partial charge in [0, 0.05) is 0 Å². The molecule has 2 aromatic carbocycles. The number of carbonyl (C=O) groups excluding carboxylic acids is 2. The summed E-state index contributed by atoms with van der Waals surface area (Å²) in [5.41, 5.74) is 2.93.